The molecule has 0 radical (unpaired) electrons. The monoisotopic (exact) mass is 416 g/mol. The number of aromatic nitrogens is 4. The highest BCUT2D eigenvalue weighted by atomic mass is 16.1. The van der Waals surface area contributed by atoms with Gasteiger partial charge in [0.05, 0.1) is 5.69 Å². The van der Waals surface area contributed by atoms with Crippen LogP contribution in [-0.2, 0) is 5.41 Å². The minimum absolute atomic E-state index is 0.0302. The number of hydrogen-bond donors (Lipinski definition) is 0. The van der Waals surface area contributed by atoms with Crippen LogP contribution in [0.5, 0.6) is 0 Å². The van der Waals surface area contributed by atoms with E-state index in [1.165, 1.54) is 18.4 Å². The van der Waals surface area contributed by atoms with E-state index in [9.17, 15) is 4.79 Å². The van der Waals surface area contributed by atoms with Crippen LogP contribution >= 0.6 is 0 Å². The van der Waals surface area contributed by atoms with E-state index in [0.29, 0.717) is 12.3 Å². The van der Waals surface area contributed by atoms with Crippen LogP contribution in [0.1, 0.15) is 75.6 Å². The molecule has 3 aromatic rings. The molecule has 0 spiro atoms. The molecular weight excluding hydrogens is 384 g/mol. The molecule has 1 fully saturated rings. The summed E-state index contributed by atoms with van der Waals surface area (Å²) in [7, 11) is 0. The maximum Gasteiger partial charge on any atom is 0.163 e. The van der Waals surface area contributed by atoms with Crippen LogP contribution in [0.2, 0.25) is 0 Å². The van der Waals surface area contributed by atoms with Gasteiger partial charge in [-0.05, 0) is 70.9 Å². The summed E-state index contributed by atoms with van der Waals surface area (Å²) in [6.45, 7) is 12.8. The molecule has 1 heterocycles. The van der Waals surface area contributed by atoms with Crippen molar-refractivity contribution in [2.75, 3.05) is 0 Å². The van der Waals surface area contributed by atoms with Gasteiger partial charge in [0.15, 0.2) is 11.6 Å². The van der Waals surface area contributed by atoms with Gasteiger partial charge < -0.3 is 0 Å². The van der Waals surface area contributed by atoms with Gasteiger partial charge in [0, 0.05) is 17.4 Å². The number of carbonyl (C=O) groups excluding carboxylic acids is 1. The summed E-state index contributed by atoms with van der Waals surface area (Å²) in [6.07, 6.45) is 3.01. The van der Waals surface area contributed by atoms with Crippen molar-refractivity contribution in [1.82, 2.24) is 20.2 Å². The highest BCUT2D eigenvalue weighted by molar-refractivity contribution is 5.98. The molecule has 5 heteroatoms. The summed E-state index contributed by atoms with van der Waals surface area (Å²) in [6, 6.07) is 14.4. The van der Waals surface area contributed by atoms with Crippen LogP contribution in [-0.4, -0.2) is 26.0 Å². The first-order valence-electron chi connectivity index (χ1n) is 11.1. The summed E-state index contributed by atoms with van der Waals surface area (Å²) < 4.78 is 1.76. The molecule has 0 amide bonds. The Morgan fingerprint density at radius 3 is 2.29 bits per heavy atom. The first-order chi connectivity index (χ1) is 14.5. The van der Waals surface area contributed by atoms with Crippen molar-refractivity contribution >= 4 is 5.78 Å². The van der Waals surface area contributed by atoms with Gasteiger partial charge in [-0.2, -0.15) is 4.68 Å². The third-order valence-electron chi connectivity index (χ3n) is 6.31. The first kappa shape index (κ1) is 21.4. The highest BCUT2D eigenvalue weighted by Crippen LogP contribution is 2.47. The van der Waals surface area contributed by atoms with Crippen molar-refractivity contribution in [3.63, 3.8) is 0 Å². The normalized spacial score (nSPS) is 14.6. The van der Waals surface area contributed by atoms with Crippen molar-refractivity contribution in [3.05, 3.63) is 59.4 Å². The van der Waals surface area contributed by atoms with Crippen LogP contribution in [0.25, 0.3) is 16.8 Å². The van der Waals surface area contributed by atoms with Crippen LogP contribution < -0.4 is 0 Å². The number of hydrogen-bond acceptors (Lipinski definition) is 4. The molecule has 1 aliphatic rings. The number of carbonyl (C=O) groups is 1. The molecule has 0 unspecified atom stereocenters. The number of ketones is 1. The van der Waals surface area contributed by atoms with Gasteiger partial charge in [0.25, 0.3) is 0 Å². The molecular formula is C26H32N4O. The molecule has 2 aromatic carbocycles. The summed E-state index contributed by atoms with van der Waals surface area (Å²) >= 11 is 0. The Balaban J connectivity index is 1.80. The Morgan fingerprint density at radius 2 is 1.68 bits per heavy atom. The molecule has 31 heavy (non-hydrogen) atoms. The van der Waals surface area contributed by atoms with Crippen LogP contribution in [0, 0.1) is 18.3 Å². The van der Waals surface area contributed by atoms with E-state index in [4.69, 9.17) is 0 Å². The van der Waals surface area contributed by atoms with E-state index in [0.717, 1.165) is 28.2 Å². The summed E-state index contributed by atoms with van der Waals surface area (Å²) in [4.78, 5) is 13.4. The SMILES string of the molecule is Cc1ccc(-c2cc(C(=O)CC(C)(C)C3CC3)cc(-n3nnnc3C(C)(C)C)c2)cc1. The van der Waals surface area contributed by atoms with E-state index in [2.05, 4.69) is 87.4 Å². The second-order valence-corrected chi connectivity index (χ2v) is 10.7. The Labute approximate surface area is 184 Å². The lowest BCUT2D eigenvalue weighted by atomic mass is 9.80. The van der Waals surface area contributed by atoms with Crippen LogP contribution in [0.4, 0.5) is 0 Å². The van der Waals surface area contributed by atoms with Crippen LogP contribution in [0.15, 0.2) is 42.5 Å². The first-order valence-corrected chi connectivity index (χ1v) is 11.1. The standard InChI is InChI=1S/C26H32N4O/c1-17-7-9-18(10-8-17)19-13-20(23(31)16-26(5,6)21-11-12-21)15-22(14-19)30-24(25(2,3)4)27-28-29-30/h7-10,13-15,21H,11-12,16H2,1-6H3. The fourth-order valence-corrected chi connectivity index (χ4v) is 4.16. The van der Waals surface area contributed by atoms with Crippen molar-refractivity contribution in [2.24, 2.45) is 11.3 Å². The quantitative estimate of drug-likeness (QED) is 0.466. The highest BCUT2D eigenvalue weighted by Gasteiger charge is 2.39. The number of Topliss-reactive ketones (excluding diaryl/α,β-unsaturated/α-hetero) is 1. The van der Waals surface area contributed by atoms with E-state index in [1.54, 1.807) is 4.68 Å². The average molecular weight is 417 g/mol. The van der Waals surface area contributed by atoms with Gasteiger partial charge in [-0.1, -0.05) is 64.4 Å². The largest absolute Gasteiger partial charge is 0.294 e. The molecule has 0 bridgehead atoms. The third-order valence-corrected chi connectivity index (χ3v) is 6.31. The minimum Gasteiger partial charge on any atom is -0.294 e. The summed E-state index contributed by atoms with van der Waals surface area (Å²) in [5.41, 5.74) is 4.63. The fourth-order valence-electron chi connectivity index (χ4n) is 4.16. The molecule has 0 atom stereocenters. The summed E-state index contributed by atoms with van der Waals surface area (Å²) in [5.74, 6) is 1.60. The average Bonchev–Trinajstić information content (AvgIpc) is 3.44. The van der Waals surface area contributed by atoms with E-state index >= 15 is 0 Å². The van der Waals surface area contributed by atoms with Gasteiger partial charge >= 0.3 is 0 Å². The predicted molar refractivity (Wildman–Crippen MR) is 123 cm³/mol. The molecule has 1 aliphatic carbocycles. The van der Waals surface area contributed by atoms with Gasteiger partial charge in [0.1, 0.15) is 0 Å². The van der Waals surface area contributed by atoms with Gasteiger partial charge in [-0.3, -0.25) is 4.79 Å². The Kier molecular flexibility index (Phi) is 5.32. The molecule has 0 saturated heterocycles. The maximum absolute atomic E-state index is 13.4. The van der Waals surface area contributed by atoms with Crippen molar-refractivity contribution in [2.45, 2.75) is 66.2 Å². The lowest BCUT2D eigenvalue weighted by molar-refractivity contribution is 0.0917. The molecule has 4 rings (SSSR count). The molecule has 1 saturated carbocycles. The van der Waals surface area contributed by atoms with Gasteiger partial charge in [-0.25, -0.2) is 0 Å². The zero-order valence-corrected chi connectivity index (χ0v) is 19.4. The number of aryl methyl sites for hydroxylation is 1. The lowest BCUT2D eigenvalue weighted by Crippen LogP contribution is -2.21. The Bertz CT molecular complexity index is 1100. The van der Waals surface area contributed by atoms with E-state index in [1.807, 2.05) is 12.1 Å². The number of rotatable bonds is 6. The topological polar surface area (TPSA) is 60.7 Å². The zero-order valence-electron chi connectivity index (χ0n) is 19.4. The second-order valence-electron chi connectivity index (χ2n) is 10.7. The van der Waals surface area contributed by atoms with E-state index in [-0.39, 0.29) is 16.6 Å². The van der Waals surface area contributed by atoms with Gasteiger partial charge in [0.2, 0.25) is 0 Å². The minimum atomic E-state index is -0.221. The molecule has 1 aromatic heterocycles. The smallest absolute Gasteiger partial charge is 0.163 e. The lowest BCUT2D eigenvalue weighted by Gasteiger charge is -2.23. The molecule has 5 nitrogen and oxygen atoms in total. The fraction of sp³-hybridized carbons (Fsp3) is 0.462. The van der Waals surface area contributed by atoms with Crippen LogP contribution in [0.3, 0.4) is 0 Å². The van der Waals surface area contributed by atoms with Crippen molar-refractivity contribution < 1.29 is 4.79 Å². The van der Waals surface area contributed by atoms with Crippen molar-refractivity contribution in [3.8, 4) is 16.8 Å². The maximum atomic E-state index is 13.4. The number of benzene rings is 2. The Hall–Kier alpha value is -2.82. The number of tetrazole rings is 1. The molecule has 0 N–H and O–H groups in total. The van der Waals surface area contributed by atoms with Gasteiger partial charge in [-0.15, -0.1) is 5.10 Å². The molecule has 162 valence electrons. The zero-order chi connectivity index (χ0) is 22.4. The Morgan fingerprint density at radius 1 is 1.00 bits per heavy atom. The van der Waals surface area contributed by atoms with Crippen molar-refractivity contribution in [1.29, 1.82) is 0 Å². The van der Waals surface area contributed by atoms with E-state index < -0.39 is 0 Å². The molecule has 0 aliphatic heterocycles. The second kappa shape index (κ2) is 7.70. The summed E-state index contributed by atoms with van der Waals surface area (Å²) in [5, 5.41) is 12.4. The third kappa shape index (κ3) is 4.60. The number of nitrogens with zero attached hydrogens (tertiary/aromatic N) is 4. The predicted octanol–water partition coefficient (Wildman–Crippen LogP) is 5.94.